The van der Waals surface area contributed by atoms with Crippen LogP contribution >= 0.6 is 11.6 Å². The maximum atomic E-state index is 12.5. The van der Waals surface area contributed by atoms with Gasteiger partial charge in [0.2, 0.25) is 5.91 Å². The van der Waals surface area contributed by atoms with Crippen molar-refractivity contribution in [3.63, 3.8) is 0 Å². The standard InChI is InChI=1S/C20H25ClN4O7/c1-11(2)17(23-19(28)13-3-4-14(21)15(9-13)25(30)31)20(29)32-10-16(26)24-7-5-12(6-8-24)18(22)27/h3-4,9,11-12,17H,5-8,10H2,1-2H3,(H2,22,27)(H,23,28)/t17-/m0/s1. The Morgan fingerprint density at radius 3 is 2.44 bits per heavy atom. The molecule has 3 amide bonds. The molecule has 1 heterocycles. The quantitative estimate of drug-likeness (QED) is 0.329. The topological polar surface area (TPSA) is 162 Å². The summed E-state index contributed by atoms with van der Waals surface area (Å²) < 4.78 is 5.11. The zero-order valence-electron chi connectivity index (χ0n) is 17.7. The first kappa shape index (κ1) is 25.1. The number of carbonyl (C=O) groups is 4. The number of hydrogen-bond acceptors (Lipinski definition) is 7. The van der Waals surface area contributed by atoms with Crippen LogP contribution < -0.4 is 11.1 Å². The van der Waals surface area contributed by atoms with E-state index in [1.54, 1.807) is 13.8 Å². The van der Waals surface area contributed by atoms with E-state index in [0.717, 1.165) is 6.07 Å². The summed E-state index contributed by atoms with van der Waals surface area (Å²) in [4.78, 5) is 60.4. The number of nitro benzene ring substituents is 1. The van der Waals surface area contributed by atoms with Gasteiger partial charge in [-0.15, -0.1) is 0 Å². The van der Waals surface area contributed by atoms with Gasteiger partial charge in [0.25, 0.3) is 17.5 Å². The number of likely N-dealkylation sites (tertiary alicyclic amines) is 1. The minimum Gasteiger partial charge on any atom is -0.454 e. The number of nitro groups is 1. The number of primary amides is 1. The molecule has 32 heavy (non-hydrogen) atoms. The highest BCUT2D eigenvalue weighted by Crippen LogP contribution is 2.25. The summed E-state index contributed by atoms with van der Waals surface area (Å²) in [5.41, 5.74) is 4.79. The van der Waals surface area contributed by atoms with E-state index in [1.807, 2.05) is 0 Å². The summed E-state index contributed by atoms with van der Waals surface area (Å²) in [6.45, 7) is 3.51. The third-order valence-electron chi connectivity index (χ3n) is 5.20. The summed E-state index contributed by atoms with van der Waals surface area (Å²) in [6.07, 6.45) is 0.903. The van der Waals surface area contributed by atoms with E-state index in [-0.39, 0.29) is 22.4 Å². The number of esters is 1. The first-order chi connectivity index (χ1) is 15.0. The van der Waals surface area contributed by atoms with Crippen LogP contribution in [0, 0.1) is 22.0 Å². The minimum absolute atomic E-state index is 0.0482. The second-order valence-corrected chi connectivity index (χ2v) is 8.19. The SMILES string of the molecule is CC(C)[C@H](NC(=O)c1ccc(Cl)c([N+](=O)[O-])c1)C(=O)OCC(=O)N1CCC(C(N)=O)CC1. The third-order valence-corrected chi connectivity index (χ3v) is 5.52. The van der Waals surface area contributed by atoms with Gasteiger partial charge >= 0.3 is 5.97 Å². The van der Waals surface area contributed by atoms with Crippen molar-refractivity contribution in [1.82, 2.24) is 10.2 Å². The highest BCUT2D eigenvalue weighted by Gasteiger charge is 2.30. The smallest absolute Gasteiger partial charge is 0.329 e. The van der Waals surface area contributed by atoms with E-state index < -0.39 is 47.0 Å². The van der Waals surface area contributed by atoms with Crippen molar-refractivity contribution >= 4 is 41.0 Å². The highest BCUT2D eigenvalue weighted by atomic mass is 35.5. The van der Waals surface area contributed by atoms with Gasteiger partial charge in [-0.1, -0.05) is 25.4 Å². The molecule has 0 aromatic heterocycles. The van der Waals surface area contributed by atoms with Crippen molar-refractivity contribution in [3.8, 4) is 0 Å². The molecule has 1 aromatic rings. The Kier molecular flexibility index (Phi) is 8.53. The number of hydrogen-bond donors (Lipinski definition) is 2. The Hall–Kier alpha value is -3.21. The molecule has 12 heteroatoms. The molecule has 11 nitrogen and oxygen atoms in total. The van der Waals surface area contributed by atoms with Gasteiger partial charge in [-0.25, -0.2) is 4.79 Å². The number of ether oxygens (including phenoxy) is 1. The molecule has 2 rings (SSSR count). The number of halogens is 1. The minimum atomic E-state index is -1.08. The molecule has 0 spiro atoms. The molecular weight excluding hydrogens is 444 g/mol. The van der Waals surface area contributed by atoms with Crippen LogP contribution in [-0.2, 0) is 19.1 Å². The molecule has 1 saturated heterocycles. The lowest BCUT2D eigenvalue weighted by Crippen LogP contribution is -2.47. The van der Waals surface area contributed by atoms with Crippen LogP contribution in [0.25, 0.3) is 0 Å². The Balaban J connectivity index is 1.96. The molecule has 0 aliphatic carbocycles. The van der Waals surface area contributed by atoms with Crippen molar-refractivity contribution in [2.75, 3.05) is 19.7 Å². The molecule has 1 aliphatic rings. The van der Waals surface area contributed by atoms with Gasteiger partial charge in [0.1, 0.15) is 11.1 Å². The highest BCUT2D eigenvalue weighted by molar-refractivity contribution is 6.32. The summed E-state index contributed by atoms with van der Waals surface area (Å²) in [6, 6.07) is 2.45. The first-order valence-corrected chi connectivity index (χ1v) is 10.4. The summed E-state index contributed by atoms with van der Waals surface area (Å²) in [7, 11) is 0. The number of rotatable bonds is 8. The summed E-state index contributed by atoms with van der Waals surface area (Å²) in [5.74, 6) is -2.99. The Morgan fingerprint density at radius 1 is 1.28 bits per heavy atom. The van der Waals surface area contributed by atoms with Crippen LogP contribution in [0.15, 0.2) is 18.2 Å². The van der Waals surface area contributed by atoms with E-state index in [0.29, 0.717) is 25.9 Å². The van der Waals surface area contributed by atoms with E-state index >= 15 is 0 Å². The number of benzene rings is 1. The molecule has 1 aromatic carbocycles. The lowest BCUT2D eigenvalue weighted by atomic mass is 9.96. The van der Waals surface area contributed by atoms with Crippen LogP contribution in [0.4, 0.5) is 5.69 Å². The van der Waals surface area contributed by atoms with Gasteiger partial charge < -0.3 is 20.7 Å². The van der Waals surface area contributed by atoms with Gasteiger partial charge in [-0.2, -0.15) is 0 Å². The van der Waals surface area contributed by atoms with Crippen LogP contribution in [0.1, 0.15) is 37.0 Å². The second-order valence-electron chi connectivity index (χ2n) is 7.78. The molecule has 0 saturated carbocycles. The van der Waals surface area contributed by atoms with Crippen molar-refractivity contribution < 1.29 is 28.8 Å². The predicted octanol–water partition coefficient (Wildman–Crippen LogP) is 1.27. The van der Waals surface area contributed by atoms with Crippen LogP contribution in [0.5, 0.6) is 0 Å². The zero-order valence-corrected chi connectivity index (χ0v) is 18.5. The normalized spacial score (nSPS) is 15.2. The molecule has 1 atom stereocenters. The number of nitrogens with two attached hydrogens (primary N) is 1. The molecule has 0 bridgehead atoms. The van der Waals surface area contributed by atoms with Crippen LogP contribution in [0.2, 0.25) is 5.02 Å². The molecule has 3 N–H and O–H groups in total. The maximum absolute atomic E-state index is 12.5. The van der Waals surface area contributed by atoms with E-state index in [2.05, 4.69) is 5.32 Å². The predicted molar refractivity (Wildman–Crippen MR) is 114 cm³/mol. The number of amides is 3. The summed E-state index contributed by atoms with van der Waals surface area (Å²) in [5, 5.41) is 13.4. The first-order valence-electron chi connectivity index (χ1n) is 9.99. The number of piperidine rings is 1. The monoisotopic (exact) mass is 468 g/mol. The zero-order chi connectivity index (χ0) is 24.0. The van der Waals surface area contributed by atoms with Gasteiger partial charge in [0.05, 0.1) is 4.92 Å². The van der Waals surface area contributed by atoms with Gasteiger partial charge in [0, 0.05) is 30.6 Å². The molecular formula is C20H25ClN4O7. The third kappa shape index (κ3) is 6.39. The van der Waals surface area contributed by atoms with Gasteiger partial charge in [0.15, 0.2) is 6.61 Å². The molecule has 1 aliphatic heterocycles. The maximum Gasteiger partial charge on any atom is 0.329 e. The van der Waals surface area contributed by atoms with Crippen LogP contribution in [-0.4, -0.2) is 59.3 Å². The largest absolute Gasteiger partial charge is 0.454 e. The second kappa shape index (κ2) is 10.9. The van der Waals surface area contributed by atoms with E-state index in [1.165, 1.54) is 17.0 Å². The average Bonchev–Trinajstić information content (AvgIpc) is 2.75. The fourth-order valence-electron chi connectivity index (χ4n) is 3.24. The molecule has 174 valence electrons. The van der Waals surface area contributed by atoms with Gasteiger partial charge in [-0.3, -0.25) is 24.5 Å². The fraction of sp³-hybridized carbons (Fsp3) is 0.500. The van der Waals surface area contributed by atoms with Crippen LogP contribution in [0.3, 0.4) is 0 Å². The van der Waals surface area contributed by atoms with Crippen molar-refractivity contribution in [1.29, 1.82) is 0 Å². The summed E-state index contributed by atoms with van der Waals surface area (Å²) >= 11 is 5.75. The average molecular weight is 469 g/mol. The van der Waals surface area contributed by atoms with Crippen molar-refractivity contribution in [3.05, 3.63) is 38.9 Å². The number of carbonyl (C=O) groups excluding carboxylic acids is 4. The van der Waals surface area contributed by atoms with E-state index in [4.69, 9.17) is 22.1 Å². The lowest BCUT2D eigenvalue weighted by molar-refractivity contribution is -0.384. The Morgan fingerprint density at radius 2 is 1.91 bits per heavy atom. The van der Waals surface area contributed by atoms with E-state index in [9.17, 15) is 29.3 Å². The van der Waals surface area contributed by atoms with Gasteiger partial charge in [-0.05, 0) is 30.9 Å². The molecule has 0 radical (unpaired) electrons. The van der Waals surface area contributed by atoms with Crippen molar-refractivity contribution in [2.45, 2.75) is 32.7 Å². The molecule has 0 unspecified atom stereocenters. The van der Waals surface area contributed by atoms with Crippen molar-refractivity contribution in [2.24, 2.45) is 17.6 Å². The Bertz CT molecular complexity index is 913. The number of nitrogens with zero attached hydrogens (tertiary/aromatic N) is 2. The number of nitrogens with one attached hydrogen (secondary N) is 1. The lowest BCUT2D eigenvalue weighted by Gasteiger charge is -2.30. The Labute approximate surface area is 189 Å². The molecule has 1 fully saturated rings. The fourth-order valence-corrected chi connectivity index (χ4v) is 3.43.